The third-order valence-electron chi connectivity index (χ3n) is 3.43. The highest BCUT2D eigenvalue weighted by Crippen LogP contribution is 2.30. The molecule has 3 rings (SSSR count). The van der Waals surface area contributed by atoms with Gasteiger partial charge in [-0.2, -0.15) is 15.3 Å². The largest absolute Gasteiger partial charge is 0.368 e. The quantitative estimate of drug-likeness (QED) is 0.780. The topological polar surface area (TPSA) is 101 Å². The van der Waals surface area contributed by atoms with Crippen molar-refractivity contribution in [2.75, 3.05) is 11.4 Å². The van der Waals surface area contributed by atoms with E-state index in [-0.39, 0.29) is 11.8 Å². The van der Waals surface area contributed by atoms with Crippen LogP contribution in [0.5, 0.6) is 0 Å². The number of para-hydroxylation sites is 1. The number of fused-ring (bicyclic) bond motifs is 1. The molecule has 0 spiro atoms. The molecular formula is C13H14N6O. The van der Waals surface area contributed by atoms with Crippen LogP contribution >= 0.6 is 0 Å². The minimum Gasteiger partial charge on any atom is -0.368 e. The molecule has 0 aromatic heterocycles. The maximum Gasteiger partial charge on any atom is 0.239 e. The molecule has 102 valence electrons. The van der Waals surface area contributed by atoms with Crippen LogP contribution in [0.4, 0.5) is 5.69 Å². The SMILES string of the molecule is N#CC1=NC(N)=NC(N2CCCc3ccccc32)N1O. The predicted molar refractivity (Wildman–Crippen MR) is 74.2 cm³/mol. The van der Waals surface area contributed by atoms with E-state index >= 15 is 0 Å². The summed E-state index contributed by atoms with van der Waals surface area (Å²) in [6, 6.07) is 9.77. The lowest BCUT2D eigenvalue weighted by atomic mass is 10.0. The first-order valence-electron chi connectivity index (χ1n) is 6.35. The lowest BCUT2D eigenvalue weighted by molar-refractivity contribution is -0.0519. The van der Waals surface area contributed by atoms with E-state index in [0.29, 0.717) is 0 Å². The zero-order valence-electron chi connectivity index (χ0n) is 10.8. The van der Waals surface area contributed by atoms with E-state index in [4.69, 9.17) is 11.0 Å². The van der Waals surface area contributed by atoms with Gasteiger partial charge in [0.05, 0.1) is 0 Å². The maximum atomic E-state index is 10.1. The van der Waals surface area contributed by atoms with Gasteiger partial charge in [0.1, 0.15) is 6.07 Å². The number of rotatable bonds is 1. The molecule has 3 N–H and O–H groups in total. The van der Waals surface area contributed by atoms with Crippen molar-refractivity contribution >= 4 is 17.5 Å². The van der Waals surface area contributed by atoms with Gasteiger partial charge in [-0.25, -0.2) is 4.99 Å². The molecule has 7 nitrogen and oxygen atoms in total. The molecule has 1 aromatic carbocycles. The van der Waals surface area contributed by atoms with Crippen molar-refractivity contribution < 1.29 is 5.21 Å². The van der Waals surface area contributed by atoms with E-state index in [1.165, 1.54) is 5.56 Å². The highest BCUT2D eigenvalue weighted by atomic mass is 16.5. The lowest BCUT2D eigenvalue weighted by Gasteiger charge is -2.39. The van der Waals surface area contributed by atoms with Gasteiger partial charge in [0.15, 0.2) is 0 Å². The van der Waals surface area contributed by atoms with Crippen LogP contribution in [0.2, 0.25) is 0 Å². The van der Waals surface area contributed by atoms with E-state index in [1.807, 2.05) is 29.2 Å². The second-order valence-corrected chi connectivity index (χ2v) is 4.65. The summed E-state index contributed by atoms with van der Waals surface area (Å²) in [6.07, 6.45) is 1.20. The Bertz CT molecular complexity index is 632. The average Bonchev–Trinajstić information content (AvgIpc) is 2.48. The number of nitriles is 1. The molecule has 2 aliphatic heterocycles. The van der Waals surface area contributed by atoms with E-state index < -0.39 is 6.29 Å². The molecule has 0 aliphatic carbocycles. The molecule has 1 unspecified atom stereocenters. The number of anilines is 1. The molecule has 20 heavy (non-hydrogen) atoms. The van der Waals surface area contributed by atoms with Crippen molar-refractivity contribution in [3.8, 4) is 6.07 Å². The van der Waals surface area contributed by atoms with Crippen molar-refractivity contribution in [1.29, 1.82) is 5.26 Å². The number of nitrogens with two attached hydrogens (primary N) is 1. The summed E-state index contributed by atoms with van der Waals surface area (Å²) in [6.45, 7) is 0.730. The van der Waals surface area contributed by atoms with Gasteiger partial charge in [-0.05, 0) is 24.5 Å². The third-order valence-corrected chi connectivity index (χ3v) is 3.43. The minimum atomic E-state index is -0.747. The Balaban J connectivity index is 1.99. The summed E-state index contributed by atoms with van der Waals surface area (Å²) in [5.41, 5.74) is 7.82. The standard InChI is InChI=1S/C13H14N6O/c14-8-11-16-12(15)17-13(19(11)20)18-7-3-5-9-4-1-2-6-10(9)18/h1-2,4,6,13,20H,3,5,7H2,(H2,15,17). The fraction of sp³-hybridized carbons (Fsp3) is 0.308. The molecule has 0 amide bonds. The van der Waals surface area contributed by atoms with Crippen LogP contribution in [0.15, 0.2) is 34.3 Å². The van der Waals surface area contributed by atoms with E-state index in [0.717, 1.165) is 30.1 Å². The molecule has 1 atom stereocenters. The van der Waals surface area contributed by atoms with Crippen LogP contribution in [-0.4, -0.2) is 34.9 Å². The second-order valence-electron chi connectivity index (χ2n) is 4.65. The van der Waals surface area contributed by atoms with Crippen molar-refractivity contribution in [2.24, 2.45) is 15.7 Å². The van der Waals surface area contributed by atoms with E-state index in [2.05, 4.69) is 16.1 Å². The van der Waals surface area contributed by atoms with Crippen LogP contribution in [0, 0.1) is 11.3 Å². The van der Waals surface area contributed by atoms with Crippen LogP contribution in [0.1, 0.15) is 12.0 Å². The van der Waals surface area contributed by atoms with Gasteiger partial charge in [0, 0.05) is 12.2 Å². The average molecular weight is 270 g/mol. The number of guanidine groups is 1. The summed E-state index contributed by atoms with van der Waals surface area (Å²) in [5.74, 6) is -0.148. The van der Waals surface area contributed by atoms with Crippen molar-refractivity contribution in [2.45, 2.75) is 19.1 Å². The van der Waals surface area contributed by atoms with Gasteiger partial charge in [-0.15, -0.1) is 0 Å². The second kappa shape index (κ2) is 4.83. The first kappa shape index (κ1) is 12.4. The number of amidine groups is 1. The van der Waals surface area contributed by atoms with Crippen LogP contribution < -0.4 is 10.6 Å². The molecular weight excluding hydrogens is 256 g/mol. The Hall–Kier alpha value is -2.59. The minimum absolute atomic E-state index is 0.0000883. The summed E-state index contributed by atoms with van der Waals surface area (Å²) >= 11 is 0. The van der Waals surface area contributed by atoms with Crippen molar-refractivity contribution in [1.82, 2.24) is 5.06 Å². The Labute approximate surface area is 116 Å². The summed E-state index contributed by atoms with van der Waals surface area (Å²) < 4.78 is 0. The number of aryl methyl sites for hydroxylation is 1. The molecule has 0 fully saturated rings. The Morgan fingerprint density at radius 1 is 1.40 bits per heavy atom. The normalized spacial score (nSPS) is 21.7. The van der Waals surface area contributed by atoms with Gasteiger partial charge >= 0.3 is 0 Å². The molecule has 1 aromatic rings. The molecule has 0 bridgehead atoms. The molecule has 7 heteroatoms. The molecule has 0 saturated carbocycles. The highest BCUT2D eigenvalue weighted by Gasteiger charge is 2.32. The van der Waals surface area contributed by atoms with Crippen LogP contribution in [0.3, 0.4) is 0 Å². The smallest absolute Gasteiger partial charge is 0.239 e. The Kier molecular flexibility index (Phi) is 3.00. The van der Waals surface area contributed by atoms with Gasteiger partial charge in [0.25, 0.3) is 0 Å². The van der Waals surface area contributed by atoms with E-state index in [1.54, 1.807) is 0 Å². The predicted octanol–water partition coefficient (Wildman–Crippen LogP) is 0.664. The number of hydrogen-bond donors (Lipinski definition) is 2. The third kappa shape index (κ3) is 1.96. The fourth-order valence-electron chi connectivity index (χ4n) is 2.55. The van der Waals surface area contributed by atoms with Crippen molar-refractivity contribution in [3.05, 3.63) is 29.8 Å². The number of hydroxylamine groups is 2. The molecule has 0 radical (unpaired) electrons. The number of benzene rings is 1. The van der Waals surface area contributed by atoms with Crippen molar-refractivity contribution in [3.63, 3.8) is 0 Å². The van der Waals surface area contributed by atoms with Gasteiger partial charge in [-0.3, -0.25) is 5.21 Å². The molecule has 0 saturated heterocycles. The monoisotopic (exact) mass is 270 g/mol. The van der Waals surface area contributed by atoms with E-state index in [9.17, 15) is 5.21 Å². The Morgan fingerprint density at radius 2 is 2.20 bits per heavy atom. The zero-order valence-corrected chi connectivity index (χ0v) is 10.8. The summed E-state index contributed by atoms with van der Waals surface area (Å²) in [4.78, 5) is 9.79. The lowest BCUT2D eigenvalue weighted by Crippen LogP contribution is -2.53. The molecule has 2 heterocycles. The van der Waals surface area contributed by atoms with Gasteiger partial charge < -0.3 is 10.6 Å². The van der Waals surface area contributed by atoms with Gasteiger partial charge in [-0.1, -0.05) is 18.2 Å². The van der Waals surface area contributed by atoms with Crippen LogP contribution in [-0.2, 0) is 6.42 Å². The highest BCUT2D eigenvalue weighted by molar-refractivity contribution is 6.05. The first-order chi connectivity index (χ1) is 9.70. The maximum absolute atomic E-state index is 10.1. The zero-order chi connectivity index (χ0) is 14.1. The number of hydrogen-bond acceptors (Lipinski definition) is 7. The molecule has 2 aliphatic rings. The number of nitrogens with zero attached hydrogens (tertiary/aromatic N) is 5. The summed E-state index contributed by atoms with van der Waals surface area (Å²) in [5, 5.41) is 19.8. The number of aliphatic imine (C=N–C) groups is 2. The summed E-state index contributed by atoms with van der Waals surface area (Å²) in [7, 11) is 0. The van der Waals surface area contributed by atoms with Crippen LogP contribution in [0.25, 0.3) is 0 Å². The fourth-order valence-corrected chi connectivity index (χ4v) is 2.55. The first-order valence-corrected chi connectivity index (χ1v) is 6.35. The Morgan fingerprint density at radius 3 is 3.00 bits per heavy atom. The van der Waals surface area contributed by atoms with Gasteiger partial charge in [0.2, 0.25) is 18.1 Å².